The number of nitrogens with one attached hydrogen (secondary N) is 1. The van der Waals surface area contributed by atoms with Crippen molar-refractivity contribution in [3.63, 3.8) is 0 Å². The normalized spacial score (nSPS) is 10.4. The van der Waals surface area contributed by atoms with Gasteiger partial charge in [0, 0.05) is 19.8 Å². The van der Waals surface area contributed by atoms with Gasteiger partial charge in [-0.15, -0.1) is 0 Å². The van der Waals surface area contributed by atoms with E-state index in [2.05, 4.69) is 29.5 Å². The van der Waals surface area contributed by atoms with E-state index in [1.54, 1.807) is 13.2 Å². The van der Waals surface area contributed by atoms with Crippen molar-refractivity contribution in [1.29, 1.82) is 0 Å². The Hall–Kier alpha value is -2.30. The Morgan fingerprint density at radius 2 is 1.95 bits per heavy atom. The third kappa shape index (κ3) is 3.13. The molecular weight excluding hydrogens is 242 g/mol. The molecular formula is C14H17N3O2. The molecule has 5 nitrogen and oxygen atoms in total. The van der Waals surface area contributed by atoms with Crippen LogP contribution in [0.15, 0.2) is 30.5 Å². The Balaban J connectivity index is 2.07. The van der Waals surface area contributed by atoms with Crippen LogP contribution in [0.3, 0.4) is 0 Å². The maximum atomic E-state index is 11.0. The zero-order valence-electron chi connectivity index (χ0n) is 11.1. The number of aromatic nitrogens is 2. The molecule has 1 aromatic heterocycles. The Morgan fingerprint density at radius 1 is 1.32 bits per heavy atom. The van der Waals surface area contributed by atoms with Gasteiger partial charge in [0.15, 0.2) is 5.69 Å². The number of aromatic carboxylic acids is 1. The SMILES string of the molecule is CCc1ccc(CNc2cn(C)nc2C(=O)O)cc1. The lowest BCUT2D eigenvalue weighted by Gasteiger charge is -2.05. The smallest absolute Gasteiger partial charge is 0.358 e. The number of hydrogen-bond donors (Lipinski definition) is 2. The molecule has 2 rings (SSSR count). The first-order chi connectivity index (χ1) is 9.10. The predicted octanol–water partition coefficient (Wildman–Crippen LogP) is 2.29. The number of hydrogen-bond acceptors (Lipinski definition) is 3. The van der Waals surface area contributed by atoms with Crippen LogP contribution in [0.5, 0.6) is 0 Å². The molecule has 0 aliphatic heterocycles. The summed E-state index contributed by atoms with van der Waals surface area (Å²) in [7, 11) is 1.70. The molecule has 0 radical (unpaired) electrons. The third-order valence-electron chi connectivity index (χ3n) is 2.95. The molecule has 0 aliphatic rings. The summed E-state index contributed by atoms with van der Waals surface area (Å²) in [5.41, 5.74) is 2.98. The zero-order valence-corrected chi connectivity index (χ0v) is 11.1. The van der Waals surface area contributed by atoms with Crippen LogP contribution in [0, 0.1) is 0 Å². The fourth-order valence-electron chi connectivity index (χ4n) is 1.87. The average molecular weight is 259 g/mol. The van der Waals surface area contributed by atoms with Gasteiger partial charge in [0.2, 0.25) is 0 Å². The standard InChI is InChI=1S/C14H17N3O2/c1-3-10-4-6-11(7-5-10)8-15-12-9-17(2)16-13(12)14(18)19/h4-7,9,15H,3,8H2,1-2H3,(H,18,19). The molecule has 19 heavy (non-hydrogen) atoms. The maximum Gasteiger partial charge on any atom is 0.358 e. The van der Waals surface area contributed by atoms with Crippen molar-refractivity contribution in [2.75, 3.05) is 5.32 Å². The molecule has 0 spiro atoms. The quantitative estimate of drug-likeness (QED) is 0.864. The van der Waals surface area contributed by atoms with Gasteiger partial charge in [0.25, 0.3) is 0 Å². The Morgan fingerprint density at radius 3 is 2.53 bits per heavy atom. The van der Waals surface area contributed by atoms with Crippen molar-refractivity contribution in [3.05, 3.63) is 47.3 Å². The highest BCUT2D eigenvalue weighted by Gasteiger charge is 2.14. The van der Waals surface area contributed by atoms with Crippen LogP contribution in [0.25, 0.3) is 0 Å². The summed E-state index contributed by atoms with van der Waals surface area (Å²) in [4.78, 5) is 11.0. The molecule has 0 unspecified atom stereocenters. The van der Waals surface area contributed by atoms with E-state index >= 15 is 0 Å². The summed E-state index contributed by atoms with van der Waals surface area (Å²) in [5, 5.41) is 16.0. The molecule has 100 valence electrons. The Bertz CT molecular complexity index is 573. The van der Waals surface area contributed by atoms with Crippen LogP contribution < -0.4 is 5.32 Å². The van der Waals surface area contributed by atoms with Crippen molar-refractivity contribution >= 4 is 11.7 Å². The highest BCUT2D eigenvalue weighted by Crippen LogP contribution is 2.15. The molecule has 1 heterocycles. The summed E-state index contributed by atoms with van der Waals surface area (Å²) >= 11 is 0. The molecule has 2 aromatic rings. The second kappa shape index (κ2) is 5.56. The van der Waals surface area contributed by atoms with Gasteiger partial charge in [0.05, 0.1) is 5.69 Å². The van der Waals surface area contributed by atoms with E-state index < -0.39 is 5.97 Å². The van der Waals surface area contributed by atoms with Crippen LogP contribution in [0.2, 0.25) is 0 Å². The molecule has 0 aliphatic carbocycles. The van der Waals surface area contributed by atoms with Gasteiger partial charge in [-0.1, -0.05) is 31.2 Å². The minimum atomic E-state index is -1.02. The summed E-state index contributed by atoms with van der Waals surface area (Å²) in [6.45, 7) is 2.69. The minimum absolute atomic E-state index is 0.0488. The fraction of sp³-hybridized carbons (Fsp3) is 0.286. The van der Waals surface area contributed by atoms with E-state index in [-0.39, 0.29) is 5.69 Å². The van der Waals surface area contributed by atoms with E-state index in [0.29, 0.717) is 12.2 Å². The number of rotatable bonds is 5. The minimum Gasteiger partial charge on any atom is -0.476 e. The fourth-order valence-corrected chi connectivity index (χ4v) is 1.87. The van der Waals surface area contributed by atoms with E-state index in [0.717, 1.165) is 12.0 Å². The van der Waals surface area contributed by atoms with Gasteiger partial charge in [-0.25, -0.2) is 4.79 Å². The van der Waals surface area contributed by atoms with E-state index in [9.17, 15) is 4.79 Å². The van der Waals surface area contributed by atoms with Crippen LogP contribution >= 0.6 is 0 Å². The lowest BCUT2D eigenvalue weighted by Crippen LogP contribution is -2.05. The monoisotopic (exact) mass is 259 g/mol. The van der Waals surface area contributed by atoms with E-state index in [1.807, 2.05) is 12.1 Å². The largest absolute Gasteiger partial charge is 0.476 e. The van der Waals surface area contributed by atoms with Crippen molar-refractivity contribution in [2.45, 2.75) is 19.9 Å². The van der Waals surface area contributed by atoms with Crippen LogP contribution in [-0.4, -0.2) is 20.9 Å². The van der Waals surface area contributed by atoms with E-state index in [1.165, 1.54) is 10.2 Å². The molecule has 0 saturated carbocycles. The van der Waals surface area contributed by atoms with Gasteiger partial charge in [-0.3, -0.25) is 4.68 Å². The first kappa shape index (κ1) is 13.1. The Kier molecular flexibility index (Phi) is 3.85. The van der Waals surface area contributed by atoms with Crippen LogP contribution in [0.4, 0.5) is 5.69 Å². The first-order valence-corrected chi connectivity index (χ1v) is 6.18. The van der Waals surface area contributed by atoms with Gasteiger partial charge in [-0.2, -0.15) is 5.10 Å². The highest BCUT2D eigenvalue weighted by atomic mass is 16.4. The van der Waals surface area contributed by atoms with Gasteiger partial charge >= 0.3 is 5.97 Å². The summed E-state index contributed by atoms with van der Waals surface area (Å²) in [6, 6.07) is 8.25. The third-order valence-corrected chi connectivity index (χ3v) is 2.95. The molecule has 0 atom stereocenters. The number of carboxylic acids is 1. The second-order valence-electron chi connectivity index (χ2n) is 4.39. The number of benzene rings is 1. The van der Waals surface area contributed by atoms with Crippen molar-refractivity contribution in [1.82, 2.24) is 9.78 Å². The molecule has 2 N–H and O–H groups in total. The van der Waals surface area contributed by atoms with Crippen molar-refractivity contribution in [2.24, 2.45) is 7.05 Å². The predicted molar refractivity (Wildman–Crippen MR) is 73.3 cm³/mol. The zero-order chi connectivity index (χ0) is 13.8. The van der Waals surface area contributed by atoms with Crippen LogP contribution in [0.1, 0.15) is 28.5 Å². The first-order valence-electron chi connectivity index (χ1n) is 6.18. The Labute approximate surface area is 111 Å². The summed E-state index contributed by atoms with van der Waals surface area (Å²) in [5.74, 6) is -1.02. The lowest BCUT2D eigenvalue weighted by atomic mass is 10.1. The molecule has 1 aromatic carbocycles. The maximum absolute atomic E-state index is 11.0. The summed E-state index contributed by atoms with van der Waals surface area (Å²) in [6.07, 6.45) is 2.68. The van der Waals surface area contributed by atoms with Crippen molar-refractivity contribution in [3.8, 4) is 0 Å². The number of carbonyl (C=O) groups is 1. The number of nitrogens with zero attached hydrogens (tertiary/aromatic N) is 2. The van der Waals surface area contributed by atoms with Crippen molar-refractivity contribution < 1.29 is 9.90 Å². The average Bonchev–Trinajstić information content (AvgIpc) is 2.78. The highest BCUT2D eigenvalue weighted by molar-refractivity contribution is 5.91. The molecule has 5 heteroatoms. The number of aryl methyl sites for hydroxylation is 2. The summed E-state index contributed by atoms with van der Waals surface area (Å²) < 4.78 is 1.49. The molecule has 0 amide bonds. The van der Waals surface area contributed by atoms with E-state index in [4.69, 9.17) is 5.11 Å². The number of anilines is 1. The molecule has 0 fully saturated rings. The lowest BCUT2D eigenvalue weighted by molar-refractivity contribution is 0.0690. The van der Waals surface area contributed by atoms with Gasteiger partial charge < -0.3 is 10.4 Å². The topological polar surface area (TPSA) is 67.2 Å². The van der Waals surface area contributed by atoms with Gasteiger partial charge in [-0.05, 0) is 17.5 Å². The number of carboxylic acid groups (broad SMARTS) is 1. The second-order valence-corrected chi connectivity index (χ2v) is 4.39. The molecule has 0 bridgehead atoms. The van der Waals surface area contributed by atoms with Gasteiger partial charge in [0.1, 0.15) is 0 Å². The van der Waals surface area contributed by atoms with Crippen LogP contribution in [-0.2, 0) is 20.0 Å². The molecule has 0 saturated heterocycles.